The molecule has 0 aliphatic heterocycles. The molecule has 2 aromatic carbocycles. The lowest BCUT2D eigenvalue weighted by Crippen LogP contribution is -2.54. The van der Waals surface area contributed by atoms with Crippen molar-refractivity contribution in [1.82, 2.24) is 0 Å². The summed E-state index contributed by atoms with van der Waals surface area (Å²) in [4.78, 5) is 0.137. The molecule has 0 atom stereocenters. The molecule has 1 N–H and O–H groups in total. The molecule has 0 unspecified atom stereocenters. The van der Waals surface area contributed by atoms with Gasteiger partial charge in [-0.05, 0) is 25.1 Å². The quantitative estimate of drug-likeness (QED) is 0.728. The summed E-state index contributed by atoms with van der Waals surface area (Å²) in [5.41, 5.74) is -5.28. The van der Waals surface area contributed by atoms with Crippen LogP contribution in [0.25, 0.3) is 0 Å². The van der Waals surface area contributed by atoms with Crippen LogP contribution in [-0.4, -0.2) is 17.5 Å². The topological polar surface area (TPSA) is 20.2 Å². The number of aryl methyl sites for hydroxylation is 1. The van der Waals surface area contributed by atoms with E-state index in [1.807, 2.05) is 0 Å². The summed E-state index contributed by atoms with van der Waals surface area (Å²) in [6, 6.07) is 10.6. The second-order valence-corrected chi connectivity index (χ2v) is 6.23. The van der Waals surface area contributed by atoms with Crippen LogP contribution in [0.5, 0.6) is 0 Å². The molecule has 130 valence electrons. The van der Waals surface area contributed by atoms with Crippen molar-refractivity contribution in [3.05, 3.63) is 59.7 Å². The van der Waals surface area contributed by atoms with Crippen LogP contribution in [0.4, 0.5) is 26.3 Å². The van der Waals surface area contributed by atoms with E-state index in [1.54, 1.807) is 31.2 Å². The van der Waals surface area contributed by atoms with E-state index in [2.05, 4.69) is 0 Å². The van der Waals surface area contributed by atoms with Gasteiger partial charge in [0.15, 0.2) is 0 Å². The maximum Gasteiger partial charge on any atom is 0.430 e. The molecule has 0 saturated heterocycles. The van der Waals surface area contributed by atoms with Gasteiger partial charge in [-0.1, -0.05) is 47.7 Å². The summed E-state index contributed by atoms with van der Waals surface area (Å²) in [7, 11) is 0. The maximum absolute atomic E-state index is 13.1. The minimum atomic E-state index is -5.91. The predicted octanol–water partition coefficient (Wildman–Crippen LogP) is 5.46. The Morgan fingerprint density at radius 3 is 1.79 bits per heavy atom. The predicted molar refractivity (Wildman–Crippen MR) is 77.8 cm³/mol. The molecule has 8 heteroatoms. The third-order valence-corrected chi connectivity index (χ3v) is 4.43. The minimum absolute atomic E-state index is 0.321. The first-order chi connectivity index (χ1) is 11.0. The van der Waals surface area contributed by atoms with Crippen molar-refractivity contribution < 1.29 is 31.4 Å². The van der Waals surface area contributed by atoms with E-state index >= 15 is 0 Å². The van der Waals surface area contributed by atoms with E-state index in [4.69, 9.17) is 0 Å². The molecule has 0 spiro atoms. The normalized spacial score (nSPS) is 13.2. The van der Waals surface area contributed by atoms with Crippen molar-refractivity contribution in [2.75, 3.05) is 0 Å². The molecule has 0 aromatic heterocycles. The highest BCUT2D eigenvalue weighted by molar-refractivity contribution is 7.99. The third kappa shape index (κ3) is 3.39. The SMILES string of the molecule is Cc1ccc(Sc2ccccc2C(O)(C(F)(F)F)C(F)(F)F)cc1. The molecule has 0 amide bonds. The molecule has 0 heterocycles. The van der Waals surface area contributed by atoms with Gasteiger partial charge in [0, 0.05) is 15.4 Å². The van der Waals surface area contributed by atoms with Crippen LogP contribution in [0.1, 0.15) is 11.1 Å². The molecular weight excluding hydrogens is 354 g/mol. The first-order valence-corrected chi connectivity index (χ1v) is 7.48. The van der Waals surface area contributed by atoms with E-state index in [0.717, 1.165) is 29.5 Å². The summed E-state index contributed by atoms with van der Waals surface area (Å²) >= 11 is 0.722. The monoisotopic (exact) mass is 366 g/mol. The van der Waals surface area contributed by atoms with Crippen LogP contribution in [0.15, 0.2) is 58.3 Å². The first-order valence-electron chi connectivity index (χ1n) is 6.66. The third-order valence-electron chi connectivity index (χ3n) is 3.35. The highest BCUT2D eigenvalue weighted by atomic mass is 32.2. The average molecular weight is 366 g/mol. The number of halogens is 6. The molecule has 0 bridgehead atoms. The maximum atomic E-state index is 13.1. The van der Waals surface area contributed by atoms with Crippen LogP contribution in [-0.2, 0) is 5.60 Å². The fourth-order valence-corrected chi connectivity index (χ4v) is 3.05. The van der Waals surface area contributed by atoms with E-state index in [0.29, 0.717) is 11.0 Å². The molecule has 2 aromatic rings. The summed E-state index contributed by atoms with van der Waals surface area (Å²) in [6.07, 6.45) is -11.8. The van der Waals surface area contributed by atoms with Gasteiger partial charge in [-0.15, -0.1) is 0 Å². The average Bonchev–Trinajstić information content (AvgIpc) is 2.47. The number of hydrogen-bond donors (Lipinski definition) is 1. The van der Waals surface area contributed by atoms with E-state index in [1.165, 1.54) is 6.07 Å². The summed E-state index contributed by atoms with van der Waals surface area (Å²) in [5, 5.41) is 9.60. The van der Waals surface area contributed by atoms with Gasteiger partial charge in [0.05, 0.1) is 0 Å². The van der Waals surface area contributed by atoms with Gasteiger partial charge in [0.1, 0.15) is 0 Å². The number of benzene rings is 2. The Kier molecular flexibility index (Phi) is 4.92. The van der Waals surface area contributed by atoms with Gasteiger partial charge in [-0.25, -0.2) is 0 Å². The molecule has 2 rings (SSSR count). The lowest BCUT2D eigenvalue weighted by atomic mass is 9.92. The number of alkyl halides is 6. The van der Waals surface area contributed by atoms with E-state index < -0.39 is 23.5 Å². The summed E-state index contributed by atoms with van der Waals surface area (Å²) < 4.78 is 78.5. The van der Waals surface area contributed by atoms with Crippen LogP contribution in [0.2, 0.25) is 0 Å². The highest BCUT2D eigenvalue weighted by Crippen LogP contribution is 2.52. The van der Waals surface area contributed by atoms with Gasteiger partial charge in [0.25, 0.3) is 5.60 Å². The fourth-order valence-electron chi connectivity index (χ4n) is 2.05. The van der Waals surface area contributed by atoms with Crippen molar-refractivity contribution in [2.45, 2.75) is 34.7 Å². The summed E-state index contributed by atoms with van der Waals surface area (Å²) in [6.45, 7) is 1.80. The zero-order valence-corrected chi connectivity index (χ0v) is 13.1. The van der Waals surface area contributed by atoms with Crippen LogP contribution < -0.4 is 0 Å². The van der Waals surface area contributed by atoms with Gasteiger partial charge in [-0.3, -0.25) is 0 Å². The Morgan fingerprint density at radius 1 is 0.792 bits per heavy atom. The second-order valence-electron chi connectivity index (χ2n) is 5.12. The zero-order chi connectivity index (χ0) is 18.2. The Bertz CT molecular complexity index is 692. The Hall–Kier alpha value is -1.67. The van der Waals surface area contributed by atoms with Crippen molar-refractivity contribution in [1.29, 1.82) is 0 Å². The molecule has 0 aliphatic rings. The molecule has 0 aliphatic carbocycles. The van der Waals surface area contributed by atoms with Crippen molar-refractivity contribution >= 4 is 11.8 Å². The Balaban J connectivity index is 2.56. The highest BCUT2D eigenvalue weighted by Gasteiger charge is 2.72. The van der Waals surface area contributed by atoms with Crippen molar-refractivity contribution in [3.8, 4) is 0 Å². The minimum Gasteiger partial charge on any atom is -0.369 e. The fraction of sp³-hybridized carbons (Fsp3) is 0.250. The van der Waals surface area contributed by atoms with Crippen LogP contribution in [0.3, 0.4) is 0 Å². The first kappa shape index (κ1) is 18.7. The molecule has 1 nitrogen and oxygen atoms in total. The van der Waals surface area contributed by atoms with Gasteiger partial charge < -0.3 is 5.11 Å². The lowest BCUT2D eigenvalue weighted by molar-refractivity contribution is -0.377. The zero-order valence-electron chi connectivity index (χ0n) is 12.2. The Morgan fingerprint density at radius 2 is 1.29 bits per heavy atom. The Labute approximate surface area is 138 Å². The summed E-state index contributed by atoms with van der Waals surface area (Å²) in [5.74, 6) is 0. The largest absolute Gasteiger partial charge is 0.430 e. The molecule has 0 fully saturated rings. The van der Waals surface area contributed by atoms with Crippen LogP contribution >= 0.6 is 11.8 Å². The van der Waals surface area contributed by atoms with E-state index in [-0.39, 0.29) is 4.90 Å². The molecule has 24 heavy (non-hydrogen) atoms. The standard InChI is InChI=1S/C16H12F6OS/c1-10-6-8-11(9-7-10)24-13-5-3-2-4-12(13)14(23,15(17,18)19)16(20,21)22/h2-9,23H,1H3. The lowest BCUT2D eigenvalue weighted by Gasteiger charge is -2.33. The number of hydrogen-bond acceptors (Lipinski definition) is 2. The molecular formula is C16H12F6OS. The second kappa shape index (κ2) is 6.33. The van der Waals surface area contributed by atoms with E-state index in [9.17, 15) is 31.4 Å². The van der Waals surface area contributed by atoms with Gasteiger partial charge in [-0.2, -0.15) is 26.3 Å². The number of rotatable bonds is 3. The smallest absolute Gasteiger partial charge is 0.369 e. The van der Waals surface area contributed by atoms with Crippen LogP contribution in [0, 0.1) is 6.92 Å². The molecule has 0 saturated carbocycles. The van der Waals surface area contributed by atoms with Crippen molar-refractivity contribution in [2.24, 2.45) is 0 Å². The van der Waals surface area contributed by atoms with Crippen molar-refractivity contribution in [3.63, 3.8) is 0 Å². The van der Waals surface area contributed by atoms with Gasteiger partial charge >= 0.3 is 12.4 Å². The number of aliphatic hydroxyl groups is 1. The molecule has 0 radical (unpaired) electrons. The van der Waals surface area contributed by atoms with Gasteiger partial charge in [0.2, 0.25) is 0 Å².